The van der Waals surface area contributed by atoms with Gasteiger partial charge in [-0.15, -0.1) is 0 Å². The molecule has 0 bridgehead atoms. The van der Waals surface area contributed by atoms with E-state index in [2.05, 4.69) is 20.9 Å². The summed E-state index contributed by atoms with van der Waals surface area (Å²) in [5.41, 5.74) is 6.04. The molecule has 10 heteroatoms. The number of likely N-dealkylation sites (N-methyl/N-ethyl adjacent to an activating group) is 2. The normalized spacial score (nSPS) is 15.3. The van der Waals surface area contributed by atoms with Crippen LogP contribution in [0.2, 0.25) is 0 Å². The van der Waals surface area contributed by atoms with E-state index in [4.69, 9.17) is 8.92 Å². The summed E-state index contributed by atoms with van der Waals surface area (Å²) in [7, 11) is 7.32. The third-order valence-corrected chi connectivity index (χ3v) is 9.19. The van der Waals surface area contributed by atoms with E-state index < -0.39 is 5.97 Å². The van der Waals surface area contributed by atoms with Crippen LogP contribution in [-0.4, -0.2) is 85.2 Å². The molecule has 1 fully saturated rings. The van der Waals surface area contributed by atoms with Crippen molar-refractivity contribution >= 4 is 41.1 Å². The molecule has 1 aromatic heterocycles. The third-order valence-electron chi connectivity index (χ3n) is 8.61. The summed E-state index contributed by atoms with van der Waals surface area (Å²) in [6.45, 7) is 3.24. The van der Waals surface area contributed by atoms with Crippen LogP contribution >= 0.6 is 12.2 Å². The van der Waals surface area contributed by atoms with Crippen LogP contribution in [0.4, 0.5) is 0 Å². The molecule has 0 atom stereocenters. The number of ether oxygens (including phenoxy) is 1. The van der Waals surface area contributed by atoms with Gasteiger partial charge in [0.2, 0.25) is 5.91 Å². The van der Waals surface area contributed by atoms with Gasteiger partial charge in [-0.3, -0.25) is 4.79 Å². The molecule has 5 rings (SSSR count). The highest BCUT2D eigenvalue weighted by atomic mass is 32.2. The molecule has 0 unspecified atom stereocenters. The second kappa shape index (κ2) is 14.0. The molecule has 1 aliphatic heterocycles. The summed E-state index contributed by atoms with van der Waals surface area (Å²) in [4.78, 5) is 27.9. The number of amides is 1. The van der Waals surface area contributed by atoms with Crippen molar-refractivity contribution in [3.8, 4) is 17.0 Å². The third kappa shape index (κ3) is 6.93. The molecule has 230 valence electrons. The lowest BCUT2D eigenvalue weighted by atomic mass is 9.81. The first-order valence-electron chi connectivity index (χ1n) is 15.0. The molecule has 0 saturated heterocycles. The number of carboxylic acids is 1. The van der Waals surface area contributed by atoms with Crippen LogP contribution in [-0.2, 0) is 15.5 Å². The first-order valence-corrected chi connectivity index (χ1v) is 15.7. The largest absolute Gasteiger partial charge is 0.497 e. The number of nitrogens with one attached hydrogen (secondary N) is 1. The van der Waals surface area contributed by atoms with Gasteiger partial charge in [0.25, 0.3) is 0 Å². The van der Waals surface area contributed by atoms with Crippen molar-refractivity contribution in [1.82, 2.24) is 19.1 Å². The summed E-state index contributed by atoms with van der Waals surface area (Å²) >= 11 is 1.31. The summed E-state index contributed by atoms with van der Waals surface area (Å²) in [5, 5.41) is 14.0. The maximum absolute atomic E-state index is 13.7. The van der Waals surface area contributed by atoms with Gasteiger partial charge in [0.05, 0.1) is 44.3 Å². The number of carbonyl (C=O) groups excluding carboxylic acids is 1. The fourth-order valence-electron chi connectivity index (χ4n) is 6.37. The van der Waals surface area contributed by atoms with Crippen LogP contribution < -0.4 is 10.1 Å². The van der Waals surface area contributed by atoms with Gasteiger partial charge in [-0.05, 0) is 80.4 Å². The van der Waals surface area contributed by atoms with Crippen molar-refractivity contribution in [2.24, 2.45) is 0 Å². The molecule has 2 aliphatic rings. The van der Waals surface area contributed by atoms with Crippen LogP contribution in [0.5, 0.6) is 5.75 Å². The first kappa shape index (κ1) is 31.1. The second-order valence-electron chi connectivity index (χ2n) is 11.5. The Morgan fingerprint density at radius 3 is 2.56 bits per heavy atom. The lowest BCUT2D eigenvalue weighted by Gasteiger charge is -2.24. The Labute approximate surface area is 258 Å². The Bertz CT molecular complexity index is 1510. The monoisotopic (exact) mass is 606 g/mol. The lowest BCUT2D eigenvalue weighted by Crippen LogP contribution is -2.36. The van der Waals surface area contributed by atoms with Gasteiger partial charge in [0, 0.05) is 48.2 Å². The zero-order valence-corrected chi connectivity index (χ0v) is 26.3. The van der Waals surface area contributed by atoms with E-state index in [9.17, 15) is 14.7 Å². The smallest absolute Gasteiger partial charge is 0.335 e. The van der Waals surface area contributed by atoms with Crippen molar-refractivity contribution in [2.75, 3.05) is 54.5 Å². The molecular formula is C33H42N4O5S. The molecule has 0 spiro atoms. The van der Waals surface area contributed by atoms with Crippen molar-refractivity contribution in [1.29, 1.82) is 0 Å². The van der Waals surface area contributed by atoms with E-state index in [1.54, 1.807) is 26.4 Å². The van der Waals surface area contributed by atoms with Crippen LogP contribution in [0.25, 0.3) is 28.2 Å². The van der Waals surface area contributed by atoms with E-state index in [-0.39, 0.29) is 11.5 Å². The Kier molecular flexibility index (Phi) is 10.1. The van der Waals surface area contributed by atoms with Gasteiger partial charge in [-0.25, -0.2) is 9.10 Å². The molecule has 1 saturated carbocycles. The topological polar surface area (TPSA) is 96.3 Å². The number of nitrogens with zero attached hydrogens (tertiary/aromatic N) is 3. The van der Waals surface area contributed by atoms with Crippen LogP contribution in [0.3, 0.4) is 0 Å². The molecule has 3 aromatic rings. The SMILES string of the molecule is COSN(C)CCN(C)CCNC(=O)C1=Cc2cc(OC)ccc2-c2c(C3CCCCC3)c3ccc(C(=O)O)cc3n2C1. The predicted molar refractivity (Wildman–Crippen MR) is 172 cm³/mol. The van der Waals surface area contributed by atoms with Crippen LogP contribution in [0.15, 0.2) is 42.0 Å². The number of methoxy groups -OCH3 is 1. The average molecular weight is 607 g/mol. The molecule has 2 aromatic carbocycles. The molecule has 43 heavy (non-hydrogen) atoms. The number of carboxylic acid groups (broad SMARTS) is 1. The number of aromatic nitrogens is 1. The van der Waals surface area contributed by atoms with E-state index in [0.717, 1.165) is 59.4 Å². The van der Waals surface area contributed by atoms with Crippen molar-refractivity contribution in [3.05, 3.63) is 58.7 Å². The van der Waals surface area contributed by atoms with Gasteiger partial charge >= 0.3 is 5.97 Å². The van der Waals surface area contributed by atoms with Gasteiger partial charge in [-0.1, -0.05) is 25.3 Å². The maximum Gasteiger partial charge on any atom is 0.335 e. The highest BCUT2D eigenvalue weighted by molar-refractivity contribution is 7.92. The van der Waals surface area contributed by atoms with Gasteiger partial charge in [-0.2, -0.15) is 0 Å². The minimum Gasteiger partial charge on any atom is -0.497 e. The van der Waals surface area contributed by atoms with E-state index in [1.807, 2.05) is 42.7 Å². The Hall–Kier alpha value is -3.31. The molecular weight excluding hydrogens is 564 g/mol. The van der Waals surface area contributed by atoms with Crippen molar-refractivity contribution in [3.63, 3.8) is 0 Å². The second-order valence-corrected chi connectivity index (χ2v) is 12.6. The molecule has 1 amide bonds. The van der Waals surface area contributed by atoms with Gasteiger partial charge in [0.15, 0.2) is 0 Å². The number of rotatable bonds is 12. The molecule has 0 radical (unpaired) electrons. The zero-order valence-electron chi connectivity index (χ0n) is 25.5. The Morgan fingerprint density at radius 2 is 1.84 bits per heavy atom. The summed E-state index contributed by atoms with van der Waals surface area (Å²) in [6, 6.07) is 11.5. The van der Waals surface area contributed by atoms with Crippen LogP contribution in [0.1, 0.15) is 59.5 Å². The number of hydrogen-bond acceptors (Lipinski definition) is 7. The molecule has 2 N–H and O–H groups in total. The fraction of sp³-hybridized carbons (Fsp3) is 0.455. The van der Waals surface area contributed by atoms with Gasteiger partial charge in [0.1, 0.15) is 5.75 Å². The van der Waals surface area contributed by atoms with E-state index in [0.29, 0.717) is 31.1 Å². The number of aromatic carboxylic acids is 1. The minimum atomic E-state index is -0.958. The van der Waals surface area contributed by atoms with Gasteiger partial charge < -0.3 is 28.8 Å². The van der Waals surface area contributed by atoms with Crippen LogP contribution in [0, 0.1) is 0 Å². The average Bonchev–Trinajstić information content (AvgIpc) is 3.22. The Balaban J connectivity index is 1.50. The highest BCUT2D eigenvalue weighted by Gasteiger charge is 2.30. The number of fused-ring (bicyclic) bond motifs is 5. The summed E-state index contributed by atoms with van der Waals surface area (Å²) < 4.78 is 14.9. The minimum absolute atomic E-state index is 0.127. The van der Waals surface area contributed by atoms with E-state index >= 15 is 0 Å². The zero-order chi connectivity index (χ0) is 30.5. The number of benzene rings is 2. The van der Waals surface area contributed by atoms with E-state index in [1.165, 1.54) is 37.1 Å². The lowest BCUT2D eigenvalue weighted by molar-refractivity contribution is -0.117. The highest BCUT2D eigenvalue weighted by Crippen LogP contribution is 2.47. The predicted octanol–water partition coefficient (Wildman–Crippen LogP) is 5.65. The van der Waals surface area contributed by atoms with Crippen molar-refractivity contribution in [2.45, 2.75) is 44.6 Å². The maximum atomic E-state index is 13.7. The molecule has 1 aliphatic carbocycles. The standard InChI is InChI=1S/C33H42N4O5S/c1-35(16-17-36(2)43-42-4)15-14-34-32(38)25-18-24-19-26(41-3)11-13-27(24)31-30(22-8-6-5-7-9-22)28-12-10-23(33(39)40)20-29(28)37(31)21-25/h10-13,18-20,22H,5-9,14-17,21H2,1-4H3,(H,34,38)(H,39,40). The summed E-state index contributed by atoms with van der Waals surface area (Å²) in [5.74, 6) is 0.0212. The fourth-order valence-corrected chi connectivity index (χ4v) is 6.78. The summed E-state index contributed by atoms with van der Waals surface area (Å²) in [6.07, 6.45) is 7.78. The molecule has 2 heterocycles. The van der Waals surface area contributed by atoms with Crippen molar-refractivity contribution < 1.29 is 23.6 Å². The molecule has 9 nitrogen and oxygen atoms in total. The number of carbonyl (C=O) groups is 2. The Morgan fingerprint density at radius 1 is 1.05 bits per heavy atom. The number of hydrogen-bond donors (Lipinski definition) is 2. The quantitative estimate of drug-likeness (QED) is 0.202. The first-order chi connectivity index (χ1) is 20.8.